The first-order valence-corrected chi connectivity index (χ1v) is 8.46. The van der Waals surface area contributed by atoms with Crippen LogP contribution in [0.3, 0.4) is 0 Å². The SMILES string of the molecule is CC(C)NC(=O)OC(C)(C)C.CC(C)NC(=O)OCc1ccccc1. The van der Waals surface area contributed by atoms with Crippen LogP contribution in [0, 0.1) is 0 Å². The van der Waals surface area contributed by atoms with E-state index in [2.05, 4.69) is 10.6 Å². The minimum Gasteiger partial charge on any atom is -0.445 e. The second-order valence-corrected chi connectivity index (χ2v) is 7.16. The van der Waals surface area contributed by atoms with Gasteiger partial charge in [0.2, 0.25) is 0 Å². The van der Waals surface area contributed by atoms with E-state index < -0.39 is 5.60 Å². The lowest BCUT2D eigenvalue weighted by molar-refractivity contribution is 0.0512. The molecule has 6 heteroatoms. The van der Waals surface area contributed by atoms with Crippen molar-refractivity contribution in [1.82, 2.24) is 10.6 Å². The molecule has 0 bridgehead atoms. The van der Waals surface area contributed by atoms with E-state index in [0.717, 1.165) is 5.56 Å². The summed E-state index contributed by atoms with van der Waals surface area (Å²) in [5.74, 6) is 0. The van der Waals surface area contributed by atoms with Crippen LogP contribution in [0.4, 0.5) is 9.59 Å². The molecule has 0 spiro atoms. The second-order valence-electron chi connectivity index (χ2n) is 7.16. The highest BCUT2D eigenvalue weighted by atomic mass is 16.6. The third-order valence-electron chi connectivity index (χ3n) is 2.42. The molecule has 0 radical (unpaired) electrons. The van der Waals surface area contributed by atoms with Crippen LogP contribution in [0.25, 0.3) is 0 Å². The summed E-state index contributed by atoms with van der Waals surface area (Å²) in [6.07, 6.45) is -0.726. The average molecular weight is 352 g/mol. The van der Waals surface area contributed by atoms with Crippen molar-refractivity contribution in [2.24, 2.45) is 0 Å². The molecule has 0 aliphatic heterocycles. The molecule has 1 rings (SSSR count). The average Bonchev–Trinajstić information content (AvgIpc) is 2.43. The third-order valence-corrected chi connectivity index (χ3v) is 2.42. The number of carbonyl (C=O) groups excluding carboxylic acids is 2. The number of alkyl carbamates (subject to hydrolysis) is 2. The Morgan fingerprint density at radius 3 is 1.84 bits per heavy atom. The molecule has 2 N–H and O–H groups in total. The second kappa shape index (κ2) is 11.3. The topological polar surface area (TPSA) is 76.7 Å². The molecule has 0 fully saturated rings. The number of carbonyl (C=O) groups is 2. The van der Waals surface area contributed by atoms with E-state index in [1.54, 1.807) is 0 Å². The highest BCUT2D eigenvalue weighted by Crippen LogP contribution is 2.06. The highest BCUT2D eigenvalue weighted by Gasteiger charge is 2.16. The lowest BCUT2D eigenvalue weighted by atomic mass is 10.2. The van der Waals surface area contributed by atoms with Crippen LogP contribution in [0.2, 0.25) is 0 Å². The number of ether oxygens (including phenoxy) is 2. The van der Waals surface area contributed by atoms with E-state index in [-0.39, 0.29) is 24.3 Å². The van der Waals surface area contributed by atoms with Crippen molar-refractivity contribution >= 4 is 12.2 Å². The standard InChI is InChI=1S/C11H15NO2.C8H17NO2/c1-9(2)12-11(13)14-8-10-6-4-3-5-7-10;1-6(2)9-7(10)11-8(3,4)5/h3-7,9H,8H2,1-2H3,(H,12,13);6H,1-5H3,(H,9,10). The van der Waals surface area contributed by atoms with E-state index in [0.29, 0.717) is 6.61 Å². The zero-order valence-corrected chi connectivity index (χ0v) is 16.4. The lowest BCUT2D eigenvalue weighted by Gasteiger charge is -2.20. The fourth-order valence-electron chi connectivity index (χ4n) is 1.54. The van der Waals surface area contributed by atoms with Crippen LogP contribution in [0.5, 0.6) is 0 Å². The molecular weight excluding hydrogens is 320 g/mol. The zero-order valence-electron chi connectivity index (χ0n) is 16.4. The molecular formula is C19H32N2O4. The Morgan fingerprint density at radius 2 is 1.40 bits per heavy atom. The van der Waals surface area contributed by atoms with Gasteiger partial charge in [-0.05, 0) is 54.0 Å². The van der Waals surface area contributed by atoms with Crippen molar-refractivity contribution in [3.05, 3.63) is 35.9 Å². The van der Waals surface area contributed by atoms with E-state index >= 15 is 0 Å². The van der Waals surface area contributed by atoms with Crippen LogP contribution < -0.4 is 10.6 Å². The fourth-order valence-corrected chi connectivity index (χ4v) is 1.54. The molecule has 0 aliphatic carbocycles. The van der Waals surface area contributed by atoms with Gasteiger partial charge in [0.05, 0.1) is 0 Å². The predicted molar refractivity (Wildman–Crippen MR) is 99.4 cm³/mol. The van der Waals surface area contributed by atoms with Crippen molar-refractivity contribution < 1.29 is 19.1 Å². The Kier molecular flexibility index (Phi) is 10.3. The van der Waals surface area contributed by atoms with Crippen LogP contribution in [0.15, 0.2) is 30.3 Å². The summed E-state index contributed by atoms with van der Waals surface area (Å²) >= 11 is 0. The van der Waals surface area contributed by atoms with Crippen molar-refractivity contribution in [1.29, 1.82) is 0 Å². The molecule has 0 saturated carbocycles. The van der Waals surface area contributed by atoms with Gasteiger partial charge >= 0.3 is 12.2 Å². The first kappa shape index (κ1) is 22.8. The molecule has 142 valence electrons. The Balaban J connectivity index is 0.000000477. The fraction of sp³-hybridized carbons (Fsp3) is 0.579. The van der Waals surface area contributed by atoms with Gasteiger partial charge < -0.3 is 20.1 Å². The van der Waals surface area contributed by atoms with Crippen molar-refractivity contribution in [2.75, 3.05) is 0 Å². The molecule has 0 aliphatic rings. The smallest absolute Gasteiger partial charge is 0.407 e. The van der Waals surface area contributed by atoms with Gasteiger partial charge in [0.1, 0.15) is 12.2 Å². The molecule has 0 saturated heterocycles. The van der Waals surface area contributed by atoms with Crippen molar-refractivity contribution in [2.45, 2.75) is 72.8 Å². The maximum Gasteiger partial charge on any atom is 0.407 e. The number of nitrogens with one attached hydrogen (secondary N) is 2. The van der Waals surface area contributed by atoms with Gasteiger partial charge in [-0.2, -0.15) is 0 Å². The maximum absolute atomic E-state index is 11.1. The number of hydrogen-bond acceptors (Lipinski definition) is 4. The molecule has 0 heterocycles. The molecule has 0 aromatic heterocycles. The molecule has 25 heavy (non-hydrogen) atoms. The molecule has 2 amide bonds. The summed E-state index contributed by atoms with van der Waals surface area (Å²) < 4.78 is 9.99. The highest BCUT2D eigenvalue weighted by molar-refractivity contribution is 5.68. The number of hydrogen-bond donors (Lipinski definition) is 2. The molecule has 0 unspecified atom stereocenters. The van der Waals surface area contributed by atoms with E-state index in [1.165, 1.54) is 0 Å². The first-order valence-electron chi connectivity index (χ1n) is 8.46. The van der Waals surface area contributed by atoms with Gasteiger partial charge in [-0.3, -0.25) is 0 Å². The summed E-state index contributed by atoms with van der Waals surface area (Å²) in [6, 6.07) is 9.84. The van der Waals surface area contributed by atoms with Crippen LogP contribution in [0.1, 0.15) is 54.0 Å². The summed E-state index contributed by atoms with van der Waals surface area (Å²) in [6.45, 7) is 13.4. The molecule has 1 aromatic carbocycles. The van der Waals surface area contributed by atoms with E-state index in [4.69, 9.17) is 9.47 Å². The lowest BCUT2D eigenvalue weighted by Crippen LogP contribution is -2.36. The van der Waals surface area contributed by atoms with E-state index in [1.807, 2.05) is 78.8 Å². The Bertz CT molecular complexity index is 508. The third kappa shape index (κ3) is 15.1. The normalized spacial score (nSPS) is 10.6. The quantitative estimate of drug-likeness (QED) is 0.850. The Morgan fingerprint density at radius 1 is 0.920 bits per heavy atom. The summed E-state index contributed by atoms with van der Waals surface area (Å²) in [7, 11) is 0. The number of benzene rings is 1. The van der Waals surface area contributed by atoms with Crippen LogP contribution in [-0.4, -0.2) is 29.9 Å². The maximum atomic E-state index is 11.1. The van der Waals surface area contributed by atoms with Gasteiger partial charge in [-0.25, -0.2) is 9.59 Å². The minimum atomic E-state index is -0.404. The Hall–Kier alpha value is -2.24. The molecule has 1 aromatic rings. The first-order chi connectivity index (χ1) is 11.5. The molecule has 6 nitrogen and oxygen atoms in total. The van der Waals surface area contributed by atoms with Crippen molar-refractivity contribution in [3.8, 4) is 0 Å². The van der Waals surface area contributed by atoms with E-state index in [9.17, 15) is 9.59 Å². The monoisotopic (exact) mass is 352 g/mol. The summed E-state index contributed by atoms with van der Waals surface area (Å²) in [4.78, 5) is 22.0. The van der Waals surface area contributed by atoms with Gasteiger partial charge in [0, 0.05) is 12.1 Å². The van der Waals surface area contributed by atoms with Gasteiger partial charge in [0.15, 0.2) is 0 Å². The predicted octanol–water partition coefficient (Wildman–Crippen LogP) is 4.24. The van der Waals surface area contributed by atoms with Gasteiger partial charge in [-0.1, -0.05) is 30.3 Å². The van der Waals surface area contributed by atoms with Crippen molar-refractivity contribution in [3.63, 3.8) is 0 Å². The number of amides is 2. The van der Waals surface area contributed by atoms with Crippen LogP contribution >= 0.6 is 0 Å². The summed E-state index contributed by atoms with van der Waals surface area (Å²) in [5.41, 5.74) is 0.588. The minimum absolute atomic E-state index is 0.110. The molecule has 0 atom stereocenters. The largest absolute Gasteiger partial charge is 0.445 e. The van der Waals surface area contributed by atoms with Gasteiger partial charge in [-0.15, -0.1) is 0 Å². The number of rotatable bonds is 4. The zero-order chi connectivity index (χ0) is 19.5. The van der Waals surface area contributed by atoms with Crippen LogP contribution in [-0.2, 0) is 16.1 Å². The summed E-state index contributed by atoms with van der Waals surface area (Å²) in [5, 5.41) is 5.29. The van der Waals surface area contributed by atoms with Gasteiger partial charge in [0.25, 0.3) is 0 Å². The Labute approximate surface area is 151 Å².